The lowest BCUT2D eigenvalue weighted by Gasteiger charge is -2.13. The number of nitrogens with zero attached hydrogens (tertiary/aromatic N) is 5. The van der Waals surface area contributed by atoms with E-state index in [2.05, 4.69) is 15.0 Å². The number of halogens is 13. The fraction of sp³-hybridized carbons (Fsp3) is 0.129. The Bertz CT molecular complexity index is 2160. The van der Waals surface area contributed by atoms with Gasteiger partial charge in [-0.3, -0.25) is 9.13 Å². The van der Waals surface area contributed by atoms with Crippen LogP contribution in [0.25, 0.3) is 55.5 Å². The number of rotatable bonds is 2. The summed E-state index contributed by atoms with van der Waals surface area (Å²) in [7, 11) is 0. The highest BCUT2D eigenvalue weighted by atomic mass is 35.5. The van der Waals surface area contributed by atoms with Crippen molar-refractivity contribution >= 4 is 55.2 Å². The minimum atomic E-state index is -4.90. The van der Waals surface area contributed by atoms with E-state index in [1.807, 2.05) is 0 Å². The Morgan fingerprint density at radius 2 is 0.633 bits per heavy atom. The van der Waals surface area contributed by atoms with E-state index in [-0.39, 0.29) is 43.6 Å². The van der Waals surface area contributed by atoms with Crippen molar-refractivity contribution in [2.45, 2.75) is 24.7 Å². The van der Waals surface area contributed by atoms with Gasteiger partial charge in [-0.25, -0.2) is 0 Å². The van der Waals surface area contributed by atoms with Crippen molar-refractivity contribution in [3.8, 4) is 11.9 Å². The smallest absolute Gasteiger partial charge is 0.278 e. The second-order valence-electron chi connectivity index (χ2n) is 10.8. The first kappa shape index (κ1) is 32.5. The summed E-state index contributed by atoms with van der Waals surface area (Å²) in [4.78, 5) is 12.0. The molecule has 7 rings (SSSR count). The summed E-state index contributed by atoms with van der Waals surface area (Å²) in [5.74, 6) is -1.36. The van der Waals surface area contributed by atoms with E-state index in [9.17, 15) is 52.7 Å². The zero-order valence-corrected chi connectivity index (χ0v) is 24.3. The minimum Gasteiger partial charge on any atom is -0.278 e. The summed E-state index contributed by atoms with van der Waals surface area (Å²) >= 11 is 6.20. The molecule has 0 N–H and O–H groups in total. The van der Waals surface area contributed by atoms with Crippen LogP contribution in [0.1, 0.15) is 22.3 Å². The fourth-order valence-electron chi connectivity index (χ4n) is 5.70. The van der Waals surface area contributed by atoms with Crippen molar-refractivity contribution in [2.24, 2.45) is 0 Å². The highest BCUT2D eigenvalue weighted by molar-refractivity contribution is 6.28. The van der Waals surface area contributed by atoms with Crippen molar-refractivity contribution in [3.05, 3.63) is 100 Å². The van der Waals surface area contributed by atoms with Crippen LogP contribution in [0, 0.1) is 0 Å². The standard InChI is InChI=1S/C31H12ClF12N5/c32-25-45-26(48-21-9-13(28(33,34)35)1-5-17(21)18-6-2-14(10-22(18)48)29(36,37)38)47-27(46-25)49-23-11-15(30(39,40)41)3-7-19(23)20-8-4-16(12-24(20)49)31(42,43)44/h1-12H. The number of hydrogen-bond donors (Lipinski definition) is 0. The topological polar surface area (TPSA) is 48.5 Å². The van der Waals surface area contributed by atoms with Crippen LogP contribution >= 0.6 is 11.6 Å². The highest BCUT2D eigenvalue weighted by Crippen LogP contribution is 2.41. The van der Waals surface area contributed by atoms with Gasteiger partial charge in [0.15, 0.2) is 0 Å². The van der Waals surface area contributed by atoms with Gasteiger partial charge in [-0.2, -0.15) is 67.6 Å². The molecule has 0 saturated heterocycles. The third-order valence-electron chi connectivity index (χ3n) is 7.83. The van der Waals surface area contributed by atoms with E-state index in [4.69, 9.17) is 11.6 Å². The summed E-state index contributed by atoms with van der Waals surface area (Å²) in [5, 5.41) is -0.580. The average Bonchev–Trinajstić information content (AvgIpc) is 3.50. The minimum absolute atomic E-state index is 0.0383. The second kappa shape index (κ2) is 10.5. The summed E-state index contributed by atoms with van der Waals surface area (Å²) in [5.41, 5.74) is -6.11. The number of fused-ring (bicyclic) bond motifs is 6. The van der Waals surface area contributed by atoms with Gasteiger partial charge in [0.1, 0.15) is 0 Å². The summed E-state index contributed by atoms with van der Waals surface area (Å²) in [6.45, 7) is 0. The molecule has 7 aromatic rings. The first-order chi connectivity index (χ1) is 22.7. The van der Waals surface area contributed by atoms with Gasteiger partial charge < -0.3 is 0 Å². The molecule has 5 nitrogen and oxygen atoms in total. The molecule has 18 heteroatoms. The number of alkyl halides is 12. The monoisotopic (exact) mass is 717 g/mol. The molecule has 3 aromatic heterocycles. The van der Waals surface area contributed by atoms with Gasteiger partial charge in [0.05, 0.1) is 44.3 Å². The zero-order valence-electron chi connectivity index (χ0n) is 23.6. The molecule has 0 amide bonds. The average molecular weight is 718 g/mol. The molecule has 0 saturated carbocycles. The molecule has 0 aliphatic carbocycles. The third kappa shape index (κ3) is 5.45. The van der Waals surface area contributed by atoms with Gasteiger partial charge in [-0.1, -0.05) is 24.3 Å². The Morgan fingerprint density at radius 1 is 0.388 bits per heavy atom. The first-order valence-electron chi connectivity index (χ1n) is 13.6. The predicted octanol–water partition coefficient (Wildman–Crippen LogP) is 10.8. The van der Waals surface area contributed by atoms with Gasteiger partial charge in [0.2, 0.25) is 17.2 Å². The summed E-state index contributed by atoms with van der Waals surface area (Å²) < 4.78 is 167. The molecule has 49 heavy (non-hydrogen) atoms. The number of benzene rings is 4. The molecule has 0 fully saturated rings. The number of aromatic nitrogens is 5. The summed E-state index contributed by atoms with van der Waals surface area (Å²) in [6, 6.07) is 9.48. The quantitative estimate of drug-likeness (QED) is 0.167. The molecule has 0 bridgehead atoms. The SMILES string of the molecule is FC(F)(F)c1ccc2c3ccc(C(F)(F)F)cc3n(-c3nc(Cl)nc(-n4c5cc(C(F)(F)F)ccc5c5ccc(C(F)(F)F)cc54)n3)c2c1. The maximum atomic E-state index is 13.8. The van der Waals surface area contributed by atoms with Gasteiger partial charge in [0.25, 0.3) is 0 Å². The van der Waals surface area contributed by atoms with E-state index in [1.54, 1.807) is 0 Å². The van der Waals surface area contributed by atoms with E-state index >= 15 is 0 Å². The van der Waals surface area contributed by atoms with Crippen molar-refractivity contribution in [1.82, 2.24) is 24.1 Å². The Kier molecular flexibility index (Phi) is 6.94. The van der Waals surface area contributed by atoms with Crippen LogP contribution in [0.15, 0.2) is 72.8 Å². The molecule has 0 atom stereocenters. The number of hydrogen-bond acceptors (Lipinski definition) is 3. The van der Waals surface area contributed by atoms with Crippen molar-refractivity contribution in [3.63, 3.8) is 0 Å². The van der Waals surface area contributed by atoms with Crippen LogP contribution < -0.4 is 0 Å². The molecular weight excluding hydrogens is 706 g/mol. The van der Waals surface area contributed by atoms with Crippen LogP contribution in [-0.2, 0) is 24.7 Å². The Labute approximate surface area is 269 Å². The predicted molar refractivity (Wildman–Crippen MR) is 154 cm³/mol. The molecule has 0 unspecified atom stereocenters. The fourth-order valence-corrected chi connectivity index (χ4v) is 5.85. The van der Waals surface area contributed by atoms with E-state index < -0.39 is 64.1 Å². The Balaban J connectivity index is 1.60. The Hall–Kier alpha value is -5.06. The molecule has 0 spiro atoms. The molecule has 0 radical (unpaired) electrons. The van der Waals surface area contributed by atoms with Crippen LogP contribution in [0.5, 0.6) is 0 Å². The molecular formula is C31H12ClF12N5. The molecule has 3 heterocycles. The van der Waals surface area contributed by atoms with Crippen LogP contribution in [0.4, 0.5) is 52.7 Å². The van der Waals surface area contributed by atoms with Crippen LogP contribution in [0.2, 0.25) is 5.28 Å². The maximum absolute atomic E-state index is 13.8. The second-order valence-corrected chi connectivity index (χ2v) is 11.1. The van der Waals surface area contributed by atoms with Gasteiger partial charge in [-0.15, -0.1) is 0 Å². The van der Waals surface area contributed by atoms with Crippen LogP contribution in [-0.4, -0.2) is 24.1 Å². The lowest BCUT2D eigenvalue weighted by atomic mass is 10.1. The highest BCUT2D eigenvalue weighted by Gasteiger charge is 2.35. The van der Waals surface area contributed by atoms with Crippen LogP contribution in [0.3, 0.4) is 0 Å². The lowest BCUT2D eigenvalue weighted by Crippen LogP contribution is -2.11. The van der Waals surface area contributed by atoms with Crippen molar-refractivity contribution < 1.29 is 52.7 Å². The lowest BCUT2D eigenvalue weighted by molar-refractivity contribution is -0.138. The largest absolute Gasteiger partial charge is 0.416 e. The molecule has 0 aliphatic rings. The van der Waals surface area contributed by atoms with Gasteiger partial charge >= 0.3 is 24.7 Å². The van der Waals surface area contributed by atoms with Gasteiger partial charge in [-0.05, 0) is 60.1 Å². The first-order valence-corrected chi connectivity index (χ1v) is 14.0. The van der Waals surface area contributed by atoms with E-state index in [1.165, 1.54) is 0 Å². The molecule has 0 aliphatic heterocycles. The van der Waals surface area contributed by atoms with E-state index in [0.717, 1.165) is 33.4 Å². The zero-order chi connectivity index (χ0) is 35.4. The third-order valence-corrected chi connectivity index (χ3v) is 8.00. The van der Waals surface area contributed by atoms with Crippen molar-refractivity contribution in [1.29, 1.82) is 0 Å². The maximum Gasteiger partial charge on any atom is 0.416 e. The molecule has 252 valence electrons. The van der Waals surface area contributed by atoms with E-state index in [0.29, 0.717) is 48.5 Å². The van der Waals surface area contributed by atoms with Gasteiger partial charge in [0, 0.05) is 21.5 Å². The van der Waals surface area contributed by atoms with Crippen molar-refractivity contribution in [2.75, 3.05) is 0 Å². The Morgan fingerprint density at radius 3 is 0.857 bits per heavy atom. The molecule has 4 aromatic carbocycles. The summed E-state index contributed by atoms with van der Waals surface area (Å²) in [6.07, 6.45) is -19.6. The normalized spacial score (nSPS) is 13.4.